The number of benzene rings is 2. The molecule has 1 saturated carbocycles. The molecule has 0 bridgehead atoms. The molecule has 1 N–H and O–H groups in total. The number of aryl methyl sites for hydroxylation is 2. The van der Waals surface area contributed by atoms with Crippen LogP contribution in [-0.4, -0.2) is 18.5 Å². The number of nitrogens with one attached hydrogen (secondary N) is 1. The minimum atomic E-state index is -0.303. The van der Waals surface area contributed by atoms with Crippen LogP contribution in [0.5, 0.6) is 0 Å². The van der Waals surface area contributed by atoms with Crippen LogP contribution in [0.25, 0.3) is 0 Å². The Bertz CT molecular complexity index is 732. The number of amides is 1. The van der Waals surface area contributed by atoms with Crippen LogP contribution in [0, 0.1) is 13.8 Å². The third kappa shape index (κ3) is 4.27. The highest BCUT2D eigenvalue weighted by Gasteiger charge is 2.29. The van der Waals surface area contributed by atoms with E-state index in [0.717, 1.165) is 30.6 Å². The van der Waals surface area contributed by atoms with Crippen molar-refractivity contribution in [2.24, 2.45) is 0 Å². The SMILES string of the molecule is CCN(c1cccc(C)c1)C(C(=O)NC1CCCC1)c1ccc(C)cc1. The predicted octanol–water partition coefficient (Wildman–Crippen LogP) is 4.93. The molecule has 2 aromatic rings. The number of anilines is 1. The Hall–Kier alpha value is -2.29. The van der Waals surface area contributed by atoms with Gasteiger partial charge in [0.05, 0.1) is 0 Å². The molecular formula is C23H30N2O. The van der Waals surface area contributed by atoms with Crippen molar-refractivity contribution in [1.29, 1.82) is 0 Å². The van der Waals surface area contributed by atoms with Crippen LogP contribution in [0.2, 0.25) is 0 Å². The maximum absolute atomic E-state index is 13.3. The van der Waals surface area contributed by atoms with Gasteiger partial charge in [-0.05, 0) is 56.9 Å². The lowest BCUT2D eigenvalue weighted by molar-refractivity contribution is -0.123. The fourth-order valence-corrected chi connectivity index (χ4v) is 3.89. The minimum absolute atomic E-state index is 0.115. The average Bonchev–Trinajstić information content (AvgIpc) is 3.13. The first-order valence-corrected chi connectivity index (χ1v) is 9.78. The zero-order valence-electron chi connectivity index (χ0n) is 16.2. The van der Waals surface area contributed by atoms with Crippen molar-refractivity contribution in [1.82, 2.24) is 5.32 Å². The maximum atomic E-state index is 13.3. The second kappa shape index (κ2) is 8.39. The highest BCUT2D eigenvalue weighted by Crippen LogP contribution is 2.29. The molecule has 1 atom stereocenters. The predicted molar refractivity (Wildman–Crippen MR) is 109 cm³/mol. The zero-order chi connectivity index (χ0) is 18.5. The highest BCUT2D eigenvalue weighted by atomic mass is 16.2. The fraction of sp³-hybridized carbons (Fsp3) is 0.435. The Morgan fingerprint density at radius 1 is 1.08 bits per heavy atom. The smallest absolute Gasteiger partial charge is 0.247 e. The molecular weight excluding hydrogens is 320 g/mol. The van der Waals surface area contributed by atoms with E-state index in [1.165, 1.54) is 24.0 Å². The van der Waals surface area contributed by atoms with Gasteiger partial charge >= 0.3 is 0 Å². The summed E-state index contributed by atoms with van der Waals surface area (Å²) < 4.78 is 0. The normalized spacial score (nSPS) is 15.7. The number of hydrogen-bond donors (Lipinski definition) is 1. The molecule has 3 rings (SSSR count). The van der Waals surface area contributed by atoms with Crippen LogP contribution in [0.3, 0.4) is 0 Å². The van der Waals surface area contributed by atoms with Gasteiger partial charge in [-0.2, -0.15) is 0 Å². The van der Waals surface area contributed by atoms with E-state index < -0.39 is 0 Å². The van der Waals surface area contributed by atoms with Crippen LogP contribution in [-0.2, 0) is 4.79 Å². The number of likely N-dealkylation sites (N-methyl/N-ethyl adjacent to an activating group) is 1. The Morgan fingerprint density at radius 2 is 1.77 bits per heavy atom. The largest absolute Gasteiger partial charge is 0.356 e. The summed E-state index contributed by atoms with van der Waals surface area (Å²) in [6, 6.07) is 16.8. The lowest BCUT2D eigenvalue weighted by atomic mass is 10.0. The van der Waals surface area contributed by atoms with Gasteiger partial charge in [-0.25, -0.2) is 0 Å². The van der Waals surface area contributed by atoms with Crippen molar-refractivity contribution in [3.8, 4) is 0 Å². The van der Waals surface area contributed by atoms with Crippen LogP contribution >= 0.6 is 0 Å². The second-order valence-corrected chi connectivity index (χ2v) is 7.43. The van der Waals surface area contributed by atoms with Crippen LogP contribution in [0.4, 0.5) is 5.69 Å². The van der Waals surface area contributed by atoms with Gasteiger partial charge in [0, 0.05) is 18.3 Å². The van der Waals surface area contributed by atoms with Crippen molar-refractivity contribution in [3.63, 3.8) is 0 Å². The van der Waals surface area contributed by atoms with Gasteiger partial charge < -0.3 is 10.2 Å². The first-order chi connectivity index (χ1) is 12.6. The topological polar surface area (TPSA) is 32.3 Å². The summed E-state index contributed by atoms with van der Waals surface area (Å²) in [6.45, 7) is 7.07. The van der Waals surface area contributed by atoms with Gasteiger partial charge in [0.25, 0.3) is 0 Å². The van der Waals surface area contributed by atoms with E-state index in [4.69, 9.17) is 0 Å². The second-order valence-electron chi connectivity index (χ2n) is 7.43. The number of rotatable bonds is 6. The van der Waals surface area contributed by atoms with Crippen LogP contribution in [0.15, 0.2) is 48.5 Å². The molecule has 2 aromatic carbocycles. The molecule has 138 valence electrons. The van der Waals surface area contributed by atoms with Crippen molar-refractivity contribution >= 4 is 11.6 Å². The van der Waals surface area contributed by atoms with E-state index in [-0.39, 0.29) is 11.9 Å². The number of hydrogen-bond acceptors (Lipinski definition) is 2. The molecule has 0 aliphatic heterocycles. The highest BCUT2D eigenvalue weighted by molar-refractivity contribution is 5.87. The third-order valence-corrected chi connectivity index (χ3v) is 5.33. The molecule has 0 radical (unpaired) electrons. The van der Waals surface area contributed by atoms with Gasteiger partial charge in [0.15, 0.2) is 0 Å². The van der Waals surface area contributed by atoms with E-state index in [0.29, 0.717) is 6.04 Å². The third-order valence-electron chi connectivity index (χ3n) is 5.33. The standard InChI is InChI=1S/C23H30N2O/c1-4-25(21-11-7-8-18(3)16-21)22(19-14-12-17(2)13-15-19)23(26)24-20-9-5-6-10-20/h7-8,11-16,20,22H,4-6,9-10H2,1-3H3,(H,24,26). The van der Waals surface area contributed by atoms with E-state index in [9.17, 15) is 4.79 Å². The molecule has 0 heterocycles. The molecule has 3 nitrogen and oxygen atoms in total. The quantitative estimate of drug-likeness (QED) is 0.801. The fourth-order valence-electron chi connectivity index (χ4n) is 3.89. The molecule has 1 amide bonds. The van der Waals surface area contributed by atoms with Crippen molar-refractivity contribution in [2.45, 2.75) is 58.5 Å². The van der Waals surface area contributed by atoms with Crippen LogP contribution in [0.1, 0.15) is 55.3 Å². The maximum Gasteiger partial charge on any atom is 0.247 e. The van der Waals surface area contributed by atoms with E-state index >= 15 is 0 Å². The molecule has 1 aliphatic rings. The minimum Gasteiger partial charge on any atom is -0.356 e. The van der Waals surface area contributed by atoms with Gasteiger partial charge in [-0.15, -0.1) is 0 Å². The Balaban J connectivity index is 1.94. The summed E-state index contributed by atoms with van der Waals surface area (Å²) in [7, 11) is 0. The van der Waals surface area contributed by atoms with Gasteiger partial charge in [-0.3, -0.25) is 4.79 Å². The van der Waals surface area contributed by atoms with E-state index in [2.05, 4.69) is 79.5 Å². The summed E-state index contributed by atoms with van der Waals surface area (Å²) in [5.41, 5.74) is 4.57. The summed E-state index contributed by atoms with van der Waals surface area (Å²) >= 11 is 0. The Kier molecular flexibility index (Phi) is 5.97. The lowest BCUT2D eigenvalue weighted by Crippen LogP contribution is -2.44. The summed E-state index contributed by atoms with van der Waals surface area (Å²) in [5, 5.41) is 3.31. The summed E-state index contributed by atoms with van der Waals surface area (Å²) in [6.07, 6.45) is 4.64. The van der Waals surface area contributed by atoms with E-state index in [1.54, 1.807) is 0 Å². The summed E-state index contributed by atoms with van der Waals surface area (Å²) in [4.78, 5) is 15.5. The van der Waals surface area contributed by atoms with Gasteiger partial charge in [0.2, 0.25) is 5.91 Å². The first-order valence-electron chi connectivity index (χ1n) is 9.78. The van der Waals surface area contributed by atoms with Crippen LogP contribution < -0.4 is 10.2 Å². The molecule has 1 fully saturated rings. The van der Waals surface area contributed by atoms with Crippen molar-refractivity contribution < 1.29 is 4.79 Å². The first kappa shape index (κ1) is 18.5. The molecule has 1 aliphatic carbocycles. The number of nitrogens with zero attached hydrogens (tertiary/aromatic N) is 1. The lowest BCUT2D eigenvalue weighted by Gasteiger charge is -2.33. The molecule has 3 heteroatoms. The molecule has 26 heavy (non-hydrogen) atoms. The Morgan fingerprint density at radius 3 is 2.38 bits per heavy atom. The molecule has 0 aromatic heterocycles. The van der Waals surface area contributed by atoms with Crippen molar-refractivity contribution in [2.75, 3.05) is 11.4 Å². The molecule has 1 unspecified atom stereocenters. The monoisotopic (exact) mass is 350 g/mol. The number of carbonyl (C=O) groups excluding carboxylic acids is 1. The molecule has 0 spiro atoms. The summed E-state index contributed by atoms with van der Waals surface area (Å²) in [5.74, 6) is 0.115. The van der Waals surface area contributed by atoms with Gasteiger partial charge in [0.1, 0.15) is 6.04 Å². The average molecular weight is 351 g/mol. The van der Waals surface area contributed by atoms with Crippen molar-refractivity contribution in [3.05, 3.63) is 65.2 Å². The Labute approximate surface area is 157 Å². The zero-order valence-corrected chi connectivity index (χ0v) is 16.2. The van der Waals surface area contributed by atoms with Gasteiger partial charge in [-0.1, -0.05) is 54.8 Å². The molecule has 0 saturated heterocycles. The number of carbonyl (C=O) groups is 1. The van der Waals surface area contributed by atoms with E-state index in [1.807, 2.05) is 0 Å².